The summed E-state index contributed by atoms with van der Waals surface area (Å²) in [5, 5.41) is 12.7. The van der Waals surface area contributed by atoms with Crippen molar-refractivity contribution in [2.45, 2.75) is 56.0 Å². The van der Waals surface area contributed by atoms with Crippen LogP contribution in [-0.2, 0) is 14.6 Å². The van der Waals surface area contributed by atoms with Gasteiger partial charge in [-0.25, -0.2) is 13.2 Å². The van der Waals surface area contributed by atoms with Gasteiger partial charge in [0, 0.05) is 11.6 Å². The van der Waals surface area contributed by atoms with E-state index in [0.717, 1.165) is 24.8 Å². The lowest BCUT2D eigenvalue weighted by atomic mass is 9.88. The summed E-state index contributed by atoms with van der Waals surface area (Å²) in [7, 11) is -3.66. The Labute approximate surface area is 192 Å². The molecule has 0 aliphatic carbocycles. The van der Waals surface area contributed by atoms with Crippen LogP contribution in [0.25, 0.3) is 0 Å². The Balaban J connectivity index is 2.20. The van der Waals surface area contributed by atoms with Crippen molar-refractivity contribution in [2.24, 2.45) is 0 Å². The lowest BCUT2D eigenvalue weighted by molar-refractivity contribution is -0.139. The normalized spacial score (nSPS) is 22.4. The van der Waals surface area contributed by atoms with E-state index in [1.165, 1.54) is 6.07 Å². The highest BCUT2D eigenvalue weighted by molar-refractivity contribution is 9.10. The quantitative estimate of drug-likeness (QED) is 0.534. The van der Waals surface area contributed by atoms with Gasteiger partial charge in [0.2, 0.25) is 0 Å². The average molecular weight is 510 g/mol. The molecule has 2 aromatic rings. The van der Waals surface area contributed by atoms with Crippen molar-refractivity contribution in [3.63, 3.8) is 0 Å². The van der Waals surface area contributed by atoms with Crippen molar-refractivity contribution in [1.29, 1.82) is 0 Å². The molecule has 0 aromatic heterocycles. The van der Waals surface area contributed by atoms with E-state index in [1.54, 1.807) is 6.07 Å². The Morgan fingerprint density at radius 2 is 1.97 bits per heavy atom. The fourth-order valence-electron chi connectivity index (χ4n) is 4.11. The number of carbonyl (C=O) groups is 1. The number of benzene rings is 2. The molecule has 0 amide bonds. The molecule has 3 rings (SSSR count). The van der Waals surface area contributed by atoms with E-state index >= 15 is 0 Å². The lowest BCUT2D eigenvalue weighted by Crippen LogP contribution is -2.50. The largest absolute Gasteiger partial charge is 0.481 e. The summed E-state index contributed by atoms with van der Waals surface area (Å²) in [4.78, 5) is 11.1. The van der Waals surface area contributed by atoms with Crippen LogP contribution in [0.4, 0.5) is 0 Å². The highest BCUT2D eigenvalue weighted by atomic mass is 79.9. The Morgan fingerprint density at radius 1 is 1.26 bits per heavy atom. The maximum Gasteiger partial charge on any atom is 0.341 e. The highest BCUT2D eigenvalue weighted by Crippen LogP contribution is 2.42. The molecule has 1 aliphatic heterocycles. The van der Waals surface area contributed by atoms with Crippen LogP contribution in [0.1, 0.15) is 56.7 Å². The molecule has 0 radical (unpaired) electrons. The molecule has 6 nitrogen and oxygen atoms in total. The number of hydrogen-bond acceptors (Lipinski definition) is 5. The SMILES string of the molecule is CCCCC1(CC)CS(=O)(=O)c2cc(OCC(=O)O)c(Br)cc2C(c2ccccc2)N1. The first-order valence-corrected chi connectivity index (χ1v) is 12.9. The summed E-state index contributed by atoms with van der Waals surface area (Å²) in [5.41, 5.74) is 1.04. The van der Waals surface area contributed by atoms with Crippen molar-refractivity contribution < 1.29 is 23.1 Å². The molecule has 2 N–H and O–H groups in total. The van der Waals surface area contributed by atoms with Crippen LogP contribution in [0, 0.1) is 0 Å². The molecular weight excluding hydrogens is 482 g/mol. The van der Waals surface area contributed by atoms with E-state index in [2.05, 4.69) is 28.2 Å². The number of ether oxygens (including phenoxy) is 1. The summed E-state index contributed by atoms with van der Waals surface area (Å²) in [6, 6.07) is 12.7. The van der Waals surface area contributed by atoms with E-state index in [9.17, 15) is 13.2 Å². The maximum absolute atomic E-state index is 13.6. The van der Waals surface area contributed by atoms with Crippen LogP contribution in [-0.4, -0.2) is 37.4 Å². The lowest BCUT2D eigenvalue weighted by Gasteiger charge is -2.36. The number of unbranched alkanes of at least 4 members (excludes halogenated alkanes) is 1. The molecular formula is C23H28BrNO5S. The molecule has 0 bridgehead atoms. The number of aliphatic carboxylic acids is 1. The Hall–Kier alpha value is -1.90. The van der Waals surface area contributed by atoms with Gasteiger partial charge in [-0.3, -0.25) is 5.32 Å². The number of carboxylic acid groups (broad SMARTS) is 1. The van der Waals surface area contributed by atoms with Crippen LogP contribution in [0.15, 0.2) is 51.8 Å². The van der Waals surface area contributed by atoms with Gasteiger partial charge >= 0.3 is 5.97 Å². The summed E-state index contributed by atoms with van der Waals surface area (Å²) < 4.78 is 33.0. The van der Waals surface area contributed by atoms with E-state index < -0.39 is 28.0 Å². The molecule has 31 heavy (non-hydrogen) atoms. The standard InChI is InChI=1S/C23H28BrNO5S/c1-3-5-11-23(4-2)15-31(28,29)20-13-19(30-14-21(26)27)18(24)12-17(20)22(25-23)16-9-7-6-8-10-16/h6-10,12-13,22,25H,3-5,11,14-15H2,1-2H3,(H,26,27). The van der Waals surface area contributed by atoms with Crippen LogP contribution >= 0.6 is 15.9 Å². The predicted octanol–water partition coefficient (Wildman–Crippen LogP) is 4.72. The Morgan fingerprint density at radius 3 is 2.58 bits per heavy atom. The van der Waals surface area contributed by atoms with Gasteiger partial charge in [-0.1, -0.05) is 57.0 Å². The van der Waals surface area contributed by atoms with E-state index in [0.29, 0.717) is 16.5 Å². The van der Waals surface area contributed by atoms with Gasteiger partial charge in [0.1, 0.15) is 5.75 Å². The molecule has 0 saturated carbocycles. The first-order valence-electron chi connectivity index (χ1n) is 10.4. The zero-order valence-corrected chi connectivity index (χ0v) is 20.1. The molecule has 1 heterocycles. The van der Waals surface area contributed by atoms with Crippen molar-refractivity contribution in [1.82, 2.24) is 5.32 Å². The van der Waals surface area contributed by atoms with Crippen LogP contribution in [0.3, 0.4) is 0 Å². The molecule has 2 aromatic carbocycles. The number of nitrogens with one attached hydrogen (secondary N) is 1. The van der Waals surface area contributed by atoms with Crippen LogP contribution in [0.5, 0.6) is 5.75 Å². The zero-order chi connectivity index (χ0) is 22.6. The van der Waals surface area contributed by atoms with Gasteiger partial charge in [0.15, 0.2) is 16.4 Å². The van der Waals surface area contributed by atoms with Crippen molar-refractivity contribution in [2.75, 3.05) is 12.4 Å². The first kappa shape index (κ1) is 23.8. The van der Waals surface area contributed by atoms with Crippen molar-refractivity contribution in [3.8, 4) is 5.75 Å². The Kier molecular flexibility index (Phi) is 7.44. The van der Waals surface area contributed by atoms with Crippen LogP contribution < -0.4 is 10.1 Å². The van der Waals surface area contributed by atoms with Gasteiger partial charge < -0.3 is 9.84 Å². The first-order chi connectivity index (χ1) is 14.7. The minimum absolute atomic E-state index is 0.0210. The van der Waals surface area contributed by atoms with Gasteiger partial charge in [0.25, 0.3) is 0 Å². The highest BCUT2D eigenvalue weighted by Gasteiger charge is 2.42. The minimum Gasteiger partial charge on any atom is -0.481 e. The predicted molar refractivity (Wildman–Crippen MR) is 123 cm³/mol. The zero-order valence-electron chi connectivity index (χ0n) is 17.7. The summed E-state index contributed by atoms with van der Waals surface area (Å²) in [5.74, 6) is -0.945. The van der Waals surface area contributed by atoms with Gasteiger partial charge in [-0.2, -0.15) is 0 Å². The van der Waals surface area contributed by atoms with Crippen LogP contribution in [0.2, 0.25) is 0 Å². The van der Waals surface area contributed by atoms with Crippen molar-refractivity contribution in [3.05, 3.63) is 58.1 Å². The summed E-state index contributed by atoms with van der Waals surface area (Å²) in [6.45, 7) is 3.57. The number of sulfone groups is 1. The number of carboxylic acids is 1. The molecule has 8 heteroatoms. The third-order valence-corrected chi connectivity index (χ3v) is 8.37. The second-order valence-corrected chi connectivity index (χ2v) is 10.8. The topological polar surface area (TPSA) is 92.7 Å². The van der Waals surface area contributed by atoms with E-state index in [4.69, 9.17) is 9.84 Å². The molecule has 0 saturated heterocycles. The molecule has 168 valence electrons. The number of fused-ring (bicyclic) bond motifs is 1. The van der Waals surface area contributed by atoms with Gasteiger partial charge in [-0.05, 0) is 46.0 Å². The number of halogens is 1. The molecule has 2 atom stereocenters. The minimum atomic E-state index is -3.66. The monoisotopic (exact) mass is 509 g/mol. The number of rotatable bonds is 8. The Bertz CT molecular complexity index is 1040. The second kappa shape index (κ2) is 9.71. The molecule has 1 aliphatic rings. The van der Waals surface area contributed by atoms with Gasteiger partial charge in [0.05, 0.1) is 21.2 Å². The molecule has 2 unspecified atom stereocenters. The molecule has 0 spiro atoms. The maximum atomic E-state index is 13.6. The third kappa shape index (κ3) is 5.30. The smallest absolute Gasteiger partial charge is 0.341 e. The van der Waals surface area contributed by atoms with Gasteiger partial charge in [-0.15, -0.1) is 0 Å². The molecule has 0 fully saturated rings. The number of hydrogen-bond donors (Lipinski definition) is 2. The average Bonchev–Trinajstić information content (AvgIpc) is 2.83. The summed E-state index contributed by atoms with van der Waals surface area (Å²) in [6.07, 6.45) is 3.32. The van der Waals surface area contributed by atoms with Crippen molar-refractivity contribution >= 4 is 31.7 Å². The third-order valence-electron chi connectivity index (χ3n) is 5.80. The van der Waals surface area contributed by atoms with E-state index in [-0.39, 0.29) is 22.4 Å². The second-order valence-electron chi connectivity index (χ2n) is 7.99. The summed E-state index contributed by atoms with van der Waals surface area (Å²) >= 11 is 3.44. The van der Waals surface area contributed by atoms with E-state index in [1.807, 2.05) is 37.3 Å². The fraction of sp³-hybridized carbons (Fsp3) is 0.435. The fourth-order valence-corrected chi connectivity index (χ4v) is 6.72.